The van der Waals surface area contributed by atoms with Crippen LogP contribution in [0.2, 0.25) is 0 Å². The van der Waals surface area contributed by atoms with Crippen molar-refractivity contribution in [2.24, 2.45) is 0 Å². The number of aliphatic carboxylic acids is 1. The highest BCUT2D eigenvalue weighted by molar-refractivity contribution is 5.77. The average Bonchev–Trinajstić information content (AvgIpc) is 1.22. The van der Waals surface area contributed by atoms with Crippen molar-refractivity contribution in [2.45, 2.75) is 224 Å². The van der Waals surface area contributed by atoms with E-state index in [1.165, 1.54) is 0 Å². The van der Waals surface area contributed by atoms with Crippen LogP contribution in [0.3, 0.4) is 0 Å². The number of amides is 4. The maximum absolute atomic E-state index is 13.7. The Balaban J connectivity index is 1.34. The fourth-order valence-electron chi connectivity index (χ4n) is 10.8. The number of rotatable bonds is 23. The number of carbonyl (C=O) groups excluding carboxylic acids is 4. The van der Waals surface area contributed by atoms with Gasteiger partial charge in [0.25, 0.3) is 5.79 Å². The molecule has 6 heterocycles. The Hall–Kier alpha value is -3.77. The third-order valence-electron chi connectivity index (χ3n) is 15.0. The monoisotopic (exact) mass is 1240 g/mol. The number of carboxylic acids is 1. The Labute approximate surface area is 481 Å². The van der Waals surface area contributed by atoms with Crippen molar-refractivity contribution in [3.8, 4) is 0 Å². The van der Waals surface area contributed by atoms with E-state index in [0.29, 0.717) is 0 Å². The topological polar surface area (TPSA) is 599 Å². The van der Waals surface area contributed by atoms with Gasteiger partial charge in [0.2, 0.25) is 23.6 Å². The Morgan fingerprint density at radius 1 is 0.459 bits per heavy atom. The summed E-state index contributed by atoms with van der Waals surface area (Å²) in [6, 6.07) is -7.26. The molecule has 6 aliphatic heterocycles. The van der Waals surface area contributed by atoms with Crippen LogP contribution in [0.1, 0.15) is 34.1 Å². The van der Waals surface area contributed by atoms with Crippen LogP contribution in [-0.2, 0) is 76.1 Å². The van der Waals surface area contributed by atoms with Gasteiger partial charge in [-0.15, -0.1) is 0 Å². The van der Waals surface area contributed by atoms with Crippen LogP contribution in [0.15, 0.2) is 0 Å². The summed E-state index contributed by atoms with van der Waals surface area (Å²) in [6.07, 6.45) is -54.5. The number of hydrogen-bond acceptors (Lipinski definition) is 33. The fraction of sp³-hybridized carbons (Fsp3) is 0.894. The van der Waals surface area contributed by atoms with Crippen molar-refractivity contribution in [1.82, 2.24) is 21.3 Å². The van der Waals surface area contributed by atoms with E-state index < -0.39 is 265 Å². The summed E-state index contributed by atoms with van der Waals surface area (Å²) in [7, 11) is 0. The van der Waals surface area contributed by atoms with Gasteiger partial charge in [-0.2, -0.15) is 0 Å². The second-order valence-electron chi connectivity index (χ2n) is 21.1. The van der Waals surface area contributed by atoms with E-state index in [0.717, 1.165) is 27.7 Å². The molecule has 0 radical (unpaired) electrons. The summed E-state index contributed by atoms with van der Waals surface area (Å²) in [5, 5.41) is 205. The first-order valence-corrected chi connectivity index (χ1v) is 26.7. The first-order chi connectivity index (χ1) is 40.0. The minimum Gasteiger partial charge on any atom is -0.477 e. The van der Waals surface area contributed by atoms with Gasteiger partial charge >= 0.3 is 5.97 Å². The number of ether oxygens (including phenoxy) is 11. The van der Waals surface area contributed by atoms with Crippen LogP contribution in [0.4, 0.5) is 0 Å². The van der Waals surface area contributed by atoms with E-state index in [2.05, 4.69) is 21.3 Å². The van der Waals surface area contributed by atoms with Crippen molar-refractivity contribution in [2.75, 3.05) is 39.6 Å². The zero-order valence-electron chi connectivity index (χ0n) is 45.9. The lowest BCUT2D eigenvalue weighted by Gasteiger charge is -2.53. The van der Waals surface area contributed by atoms with Gasteiger partial charge in [0.15, 0.2) is 31.5 Å². The summed E-state index contributed by atoms with van der Waals surface area (Å²) in [5.41, 5.74) is 0. The summed E-state index contributed by atoms with van der Waals surface area (Å²) in [6.45, 7) is -2.73. The minimum absolute atomic E-state index is 0.754. The van der Waals surface area contributed by atoms with Crippen molar-refractivity contribution >= 4 is 29.6 Å². The van der Waals surface area contributed by atoms with Crippen molar-refractivity contribution in [3.05, 3.63) is 0 Å². The van der Waals surface area contributed by atoms with Gasteiger partial charge in [0.1, 0.15) is 140 Å². The molecule has 490 valence electrons. The van der Waals surface area contributed by atoms with Crippen LogP contribution in [0.5, 0.6) is 0 Å². The molecule has 6 aliphatic rings. The van der Waals surface area contributed by atoms with Gasteiger partial charge in [0, 0.05) is 34.1 Å². The molecule has 85 heavy (non-hydrogen) atoms. The standard InChI is InChI=1S/C47H78N4O34/c1-12(58)48-23-16(62)5-47(46(73)74,84-39(23)27(64)17(63)6-52)85-40-26(51-15(4)61)43(77-22(11-57)37(40)82-42-24(49-13(2)59)30(67)28(65)18(7-53)76-42)80-35-20(9-55)78-44(33(70)31(35)68)81-36-21(10-56)79-45(34(71)32(36)69)83-38-25(50-14(3)60)41(72)75-19(8-54)29(38)66/h16-45,52-57,62-72H,5-11H2,1-4H3,(H,48,58)(H,49,59)(H,50,60)(H,51,61)(H,73,74)/t16-,17+,18+,19+,20+,21+,22+,23+,24+,25+,26+,27+,28-,29-,30+,31+,32+,33+,34+,35-,36-,37-,38+,39+,40+,41-,42-,43-,44-,45-,47-/m0/s1. The van der Waals surface area contributed by atoms with Gasteiger partial charge < -0.3 is 165 Å². The lowest BCUT2D eigenvalue weighted by Crippen LogP contribution is -2.73. The Kier molecular flexibility index (Phi) is 24.9. The van der Waals surface area contributed by atoms with Crippen molar-refractivity contribution < 1.29 is 168 Å². The van der Waals surface area contributed by atoms with E-state index in [1.807, 2.05) is 0 Å². The zero-order valence-corrected chi connectivity index (χ0v) is 45.9. The molecule has 38 heteroatoms. The van der Waals surface area contributed by atoms with Gasteiger partial charge in [-0.05, 0) is 0 Å². The summed E-state index contributed by atoms with van der Waals surface area (Å²) >= 11 is 0. The van der Waals surface area contributed by atoms with E-state index in [1.54, 1.807) is 0 Å². The molecule has 0 unspecified atom stereocenters. The molecule has 0 aromatic carbocycles. The first-order valence-electron chi connectivity index (χ1n) is 26.7. The highest BCUT2D eigenvalue weighted by atomic mass is 16.8. The number of aliphatic hydroxyl groups is 17. The molecule has 0 saturated carbocycles. The molecule has 4 amide bonds. The largest absolute Gasteiger partial charge is 0.477 e. The van der Waals surface area contributed by atoms with E-state index in [4.69, 9.17) is 52.1 Å². The fourth-order valence-corrected chi connectivity index (χ4v) is 10.8. The zero-order chi connectivity index (χ0) is 63.3. The van der Waals surface area contributed by atoms with Crippen LogP contribution in [0.25, 0.3) is 0 Å². The molecular weight excluding hydrogens is 1160 g/mol. The molecule has 6 saturated heterocycles. The van der Waals surface area contributed by atoms with Crippen LogP contribution in [0, 0.1) is 0 Å². The molecule has 0 aromatic heterocycles. The number of carboxylic acid groups (broad SMARTS) is 1. The first kappa shape index (κ1) is 70.3. The second kappa shape index (κ2) is 30.2. The quantitative estimate of drug-likeness (QED) is 0.0452. The number of carbonyl (C=O) groups is 5. The second-order valence-corrected chi connectivity index (χ2v) is 21.1. The Morgan fingerprint density at radius 2 is 0.859 bits per heavy atom. The molecule has 0 aliphatic carbocycles. The Morgan fingerprint density at radius 3 is 1.34 bits per heavy atom. The summed E-state index contributed by atoms with van der Waals surface area (Å²) in [4.78, 5) is 63.8. The smallest absolute Gasteiger partial charge is 0.364 e. The molecular formula is C47H78N4O34. The highest BCUT2D eigenvalue weighted by Gasteiger charge is 2.63. The van der Waals surface area contributed by atoms with Crippen LogP contribution >= 0.6 is 0 Å². The highest BCUT2D eigenvalue weighted by Crippen LogP contribution is 2.41. The van der Waals surface area contributed by atoms with Gasteiger partial charge in [-0.25, -0.2) is 4.79 Å². The minimum atomic E-state index is -3.36. The number of aliphatic hydroxyl groups excluding tert-OH is 17. The predicted octanol–water partition coefficient (Wildman–Crippen LogP) is -14.3. The molecule has 0 aromatic rings. The molecule has 22 N–H and O–H groups in total. The van der Waals surface area contributed by atoms with Gasteiger partial charge in [-0.3, -0.25) is 19.2 Å². The maximum Gasteiger partial charge on any atom is 0.364 e. The summed E-state index contributed by atoms with van der Waals surface area (Å²) in [5.74, 6) is -9.06. The van der Waals surface area contributed by atoms with Gasteiger partial charge in [0.05, 0.1) is 51.8 Å². The Bertz CT molecular complexity index is 2210. The average molecular weight is 1240 g/mol. The van der Waals surface area contributed by atoms with E-state index >= 15 is 0 Å². The predicted molar refractivity (Wildman–Crippen MR) is 263 cm³/mol. The van der Waals surface area contributed by atoms with Crippen LogP contribution in [-0.4, -0.2) is 351 Å². The maximum atomic E-state index is 13.7. The molecule has 0 spiro atoms. The third-order valence-corrected chi connectivity index (χ3v) is 15.0. The van der Waals surface area contributed by atoms with Crippen LogP contribution < -0.4 is 21.3 Å². The SMILES string of the molecule is CC(=O)N[C@@H]1[C@@H](O[C@@H]2O[C@H](CO)[C@H](O[C@@H]3O[C@H](CO)[C@H](O[C@@H]4O[C@H](CO)[C@H](O[C@@H]5O[C@H](CO)[C@H](O)[C@H](O)[C@H]5NC(C)=O)[C@H](O[C@]5(C(=O)O)C[C@H](O)[C@@H](NC(C)=O)[C@H]([C@H](O)[C@H](O)CO)O5)[C@H]4NC(C)=O)[C@H](O)[C@H]3O)[C@H](O)[C@H]2O)[C@@H](O)[C@@H](CO)O[C@@H]1O. The lowest BCUT2D eigenvalue weighted by atomic mass is 9.87. The van der Waals surface area contributed by atoms with Gasteiger partial charge in [-0.1, -0.05) is 0 Å². The molecule has 6 rings (SSSR count). The number of nitrogens with one attached hydrogen (secondary N) is 4. The normalized spacial score (nSPS) is 45.0. The molecule has 0 bridgehead atoms. The van der Waals surface area contributed by atoms with Crippen molar-refractivity contribution in [3.63, 3.8) is 0 Å². The van der Waals surface area contributed by atoms with E-state index in [-0.39, 0.29) is 0 Å². The third kappa shape index (κ3) is 15.6. The summed E-state index contributed by atoms with van der Waals surface area (Å²) < 4.78 is 64.4. The molecule has 38 nitrogen and oxygen atoms in total. The van der Waals surface area contributed by atoms with Crippen molar-refractivity contribution in [1.29, 1.82) is 0 Å². The lowest BCUT2D eigenvalue weighted by molar-refractivity contribution is -0.394. The molecule has 31 atom stereocenters. The van der Waals surface area contributed by atoms with E-state index in [9.17, 15) is 116 Å². The molecule has 6 fully saturated rings. The number of hydrogen-bond donors (Lipinski definition) is 22.